The third-order valence-corrected chi connectivity index (χ3v) is 4.01. The summed E-state index contributed by atoms with van der Waals surface area (Å²) in [6, 6.07) is 7.09. The number of hydrogen-bond acceptors (Lipinski definition) is 4. The lowest BCUT2D eigenvalue weighted by atomic mass is 10.0. The van der Waals surface area contributed by atoms with Crippen molar-refractivity contribution in [1.29, 1.82) is 0 Å². The van der Waals surface area contributed by atoms with Crippen molar-refractivity contribution in [2.75, 3.05) is 7.05 Å². The summed E-state index contributed by atoms with van der Waals surface area (Å²) in [6.07, 6.45) is 5.24. The zero-order valence-electron chi connectivity index (χ0n) is 12.6. The zero-order valence-corrected chi connectivity index (χ0v) is 13.4. The standard InChI is InChI=1S/C16H21N3O.ClH/c1-11(17-2)8-15-18-16(20-19-15)10-12-6-7-13-4-3-5-14(13)9-12;/h6-7,9,11,17H,3-5,8,10H2,1-2H3;1H. The van der Waals surface area contributed by atoms with Gasteiger partial charge < -0.3 is 9.84 Å². The Morgan fingerprint density at radius 1 is 1.29 bits per heavy atom. The van der Waals surface area contributed by atoms with E-state index in [4.69, 9.17) is 4.52 Å². The molecule has 1 atom stereocenters. The number of halogens is 1. The lowest BCUT2D eigenvalue weighted by Gasteiger charge is -2.04. The summed E-state index contributed by atoms with van der Waals surface area (Å²) in [5, 5.41) is 7.23. The van der Waals surface area contributed by atoms with Crippen molar-refractivity contribution in [3.63, 3.8) is 0 Å². The van der Waals surface area contributed by atoms with E-state index < -0.39 is 0 Å². The van der Waals surface area contributed by atoms with Crippen molar-refractivity contribution >= 4 is 12.4 Å². The molecule has 5 heteroatoms. The van der Waals surface area contributed by atoms with E-state index in [0.717, 1.165) is 18.7 Å². The van der Waals surface area contributed by atoms with E-state index in [1.54, 1.807) is 0 Å². The molecule has 0 saturated carbocycles. The molecule has 0 spiro atoms. The van der Waals surface area contributed by atoms with Gasteiger partial charge in [-0.2, -0.15) is 4.98 Å². The van der Waals surface area contributed by atoms with Crippen molar-refractivity contribution < 1.29 is 4.52 Å². The van der Waals surface area contributed by atoms with Crippen molar-refractivity contribution in [3.05, 3.63) is 46.6 Å². The van der Waals surface area contributed by atoms with Crippen LogP contribution in [0, 0.1) is 0 Å². The van der Waals surface area contributed by atoms with Crippen LogP contribution in [-0.4, -0.2) is 23.2 Å². The molecule has 1 heterocycles. The van der Waals surface area contributed by atoms with E-state index in [0.29, 0.717) is 11.9 Å². The average Bonchev–Trinajstić information content (AvgIpc) is 3.07. The van der Waals surface area contributed by atoms with Crippen LogP contribution in [0.3, 0.4) is 0 Å². The van der Waals surface area contributed by atoms with E-state index in [1.807, 2.05) is 7.05 Å². The van der Waals surface area contributed by atoms with Gasteiger partial charge in [-0.1, -0.05) is 23.4 Å². The molecule has 4 nitrogen and oxygen atoms in total. The molecule has 1 aromatic carbocycles. The van der Waals surface area contributed by atoms with Gasteiger partial charge in [0, 0.05) is 12.5 Å². The molecule has 1 aromatic heterocycles. The predicted molar refractivity (Wildman–Crippen MR) is 85.0 cm³/mol. The number of aromatic nitrogens is 2. The molecule has 3 rings (SSSR count). The van der Waals surface area contributed by atoms with Crippen LogP contribution in [-0.2, 0) is 25.7 Å². The summed E-state index contributed by atoms with van der Waals surface area (Å²) < 4.78 is 5.34. The van der Waals surface area contributed by atoms with Crippen LogP contribution < -0.4 is 5.32 Å². The van der Waals surface area contributed by atoms with Crippen molar-refractivity contribution in [2.45, 2.75) is 45.1 Å². The van der Waals surface area contributed by atoms with E-state index in [2.05, 4.69) is 40.6 Å². The molecule has 0 saturated heterocycles. The fourth-order valence-electron chi connectivity index (χ4n) is 2.73. The Morgan fingerprint density at radius 2 is 2.10 bits per heavy atom. The SMILES string of the molecule is CNC(C)Cc1noc(Cc2ccc3c(c2)CCC3)n1.Cl. The van der Waals surface area contributed by atoms with Crippen LogP contribution in [0.1, 0.15) is 41.8 Å². The highest BCUT2D eigenvalue weighted by Gasteiger charge is 2.13. The topological polar surface area (TPSA) is 51.0 Å². The smallest absolute Gasteiger partial charge is 0.231 e. The van der Waals surface area contributed by atoms with E-state index in [9.17, 15) is 0 Å². The summed E-state index contributed by atoms with van der Waals surface area (Å²) in [5.41, 5.74) is 4.26. The predicted octanol–water partition coefficient (Wildman–Crippen LogP) is 2.72. The first-order chi connectivity index (χ1) is 9.74. The monoisotopic (exact) mass is 307 g/mol. The summed E-state index contributed by atoms with van der Waals surface area (Å²) in [7, 11) is 1.94. The average molecular weight is 308 g/mol. The number of fused-ring (bicyclic) bond motifs is 1. The summed E-state index contributed by atoms with van der Waals surface area (Å²) in [6.45, 7) is 2.11. The molecular formula is C16H22ClN3O. The molecule has 1 N–H and O–H groups in total. The maximum Gasteiger partial charge on any atom is 0.231 e. The molecular weight excluding hydrogens is 286 g/mol. The summed E-state index contributed by atoms with van der Waals surface area (Å²) >= 11 is 0. The molecule has 1 aliphatic carbocycles. The minimum absolute atomic E-state index is 0. The molecule has 21 heavy (non-hydrogen) atoms. The Balaban J connectivity index is 0.00000161. The molecule has 0 radical (unpaired) electrons. The van der Waals surface area contributed by atoms with Crippen LogP contribution in [0.2, 0.25) is 0 Å². The maximum atomic E-state index is 5.34. The van der Waals surface area contributed by atoms with E-state index in [1.165, 1.54) is 36.0 Å². The third kappa shape index (κ3) is 3.83. The Labute approximate surface area is 131 Å². The largest absolute Gasteiger partial charge is 0.339 e. The van der Waals surface area contributed by atoms with Crippen molar-refractivity contribution in [2.24, 2.45) is 0 Å². The number of nitrogens with one attached hydrogen (secondary N) is 1. The van der Waals surface area contributed by atoms with Crippen LogP contribution in [0.4, 0.5) is 0 Å². The quantitative estimate of drug-likeness (QED) is 0.923. The Morgan fingerprint density at radius 3 is 2.90 bits per heavy atom. The van der Waals surface area contributed by atoms with Gasteiger partial charge in [-0.25, -0.2) is 0 Å². The zero-order chi connectivity index (χ0) is 13.9. The lowest BCUT2D eigenvalue weighted by molar-refractivity contribution is 0.377. The van der Waals surface area contributed by atoms with E-state index in [-0.39, 0.29) is 12.4 Å². The highest BCUT2D eigenvalue weighted by molar-refractivity contribution is 5.85. The molecule has 0 fully saturated rings. The highest BCUT2D eigenvalue weighted by atomic mass is 35.5. The fourth-order valence-corrected chi connectivity index (χ4v) is 2.73. The first-order valence-corrected chi connectivity index (χ1v) is 7.34. The maximum absolute atomic E-state index is 5.34. The van der Waals surface area contributed by atoms with Crippen LogP contribution in [0.5, 0.6) is 0 Å². The second kappa shape index (κ2) is 7.05. The highest BCUT2D eigenvalue weighted by Crippen LogP contribution is 2.23. The van der Waals surface area contributed by atoms with Gasteiger partial charge in [0.25, 0.3) is 0 Å². The number of benzene rings is 1. The number of nitrogens with zero attached hydrogens (tertiary/aromatic N) is 2. The molecule has 2 aromatic rings. The van der Waals surface area contributed by atoms with Gasteiger partial charge in [0.15, 0.2) is 5.82 Å². The van der Waals surface area contributed by atoms with Gasteiger partial charge in [-0.15, -0.1) is 12.4 Å². The minimum atomic E-state index is 0. The first-order valence-electron chi connectivity index (χ1n) is 7.34. The van der Waals surface area contributed by atoms with Crippen molar-refractivity contribution in [3.8, 4) is 0 Å². The third-order valence-electron chi connectivity index (χ3n) is 4.01. The number of likely N-dealkylation sites (N-methyl/N-ethyl adjacent to an activating group) is 1. The number of rotatable bonds is 5. The van der Waals surface area contributed by atoms with Crippen LogP contribution in [0.25, 0.3) is 0 Å². The number of aryl methyl sites for hydroxylation is 2. The second-order valence-electron chi connectivity index (χ2n) is 5.63. The normalized spacial score (nSPS) is 14.6. The Bertz CT molecular complexity index is 597. The minimum Gasteiger partial charge on any atom is -0.339 e. The molecule has 0 aliphatic heterocycles. The first kappa shape index (κ1) is 16.0. The van der Waals surface area contributed by atoms with Crippen LogP contribution in [0.15, 0.2) is 22.7 Å². The van der Waals surface area contributed by atoms with Gasteiger partial charge in [-0.05, 0) is 49.9 Å². The number of hydrogen-bond donors (Lipinski definition) is 1. The van der Waals surface area contributed by atoms with Gasteiger partial charge in [0.05, 0.1) is 6.42 Å². The Hall–Kier alpha value is -1.39. The second-order valence-corrected chi connectivity index (χ2v) is 5.63. The van der Waals surface area contributed by atoms with Crippen LogP contribution >= 0.6 is 12.4 Å². The molecule has 0 bridgehead atoms. The van der Waals surface area contributed by atoms with Gasteiger partial charge >= 0.3 is 0 Å². The van der Waals surface area contributed by atoms with Crippen molar-refractivity contribution in [1.82, 2.24) is 15.5 Å². The lowest BCUT2D eigenvalue weighted by Crippen LogP contribution is -2.24. The fraction of sp³-hybridized carbons (Fsp3) is 0.500. The van der Waals surface area contributed by atoms with Gasteiger partial charge in [-0.3, -0.25) is 0 Å². The molecule has 1 aliphatic rings. The van der Waals surface area contributed by atoms with Gasteiger partial charge in [0.1, 0.15) is 0 Å². The molecule has 1 unspecified atom stereocenters. The molecule has 114 valence electrons. The summed E-state index contributed by atoms with van der Waals surface area (Å²) in [4.78, 5) is 4.47. The van der Waals surface area contributed by atoms with E-state index >= 15 is 0 Å². The summed E-state index contributed by atoms with van der Waals surface area (Å²) in [5.74, 6) is 1.49. The van der Waals surface area contributed by atoms with Gasteiger partial charge in [0.2, 0.25) is 5.89 Å². The molecule has 0 amide bonds. The Kier molecular flexibility index (Phi) is 5.37.